The standard InChI is InChI=1S/C10H17NO2Si.C7H7NO2/c1-14(2,3)10(11)7-5-4-6-8(10)9(12)13;8-6-4-2-1-3-5(6)7(9)10/h4-8H,11H2,1-3H3,(H,12,13);1-4H,8H2,(H,9,10). The average molecular weight is 348 g/mol. The molecule has 0 heterocycles. The highest BCUT2D eigenvalue weighted by Crippen LogP contribution is 2.31. The number of nitrogen functional groups attached to an aromatic ring is 1. The zero-order valence-corrected chi connectivity index (χ0v) is 15.1. The third-order valence-electron chi connectivity index (χ3n) is 4.06. The van der Waals surface area contributed by atoms with Crippen LogP contribution in [0.4, 0.5) is 5.69 Å². The summed E-state index contributed by atoms with van der Waals surface area (Å²) < 4.78 is 0. The molecule has 130 valence electrons. The van der Waals surface area contributed by atoms with E-state index in [-0.39, 0.29) is 5.56 Å². The van der Waals surface area contributed by atoms with Crippen LogP contribution in [0.1, 0.15) is 10.4 Å². The summed E-state index contributed by atoms with van der Waals surface area (Å²) in [6.45, 7) is 6.27. The number of carboxylic acids is 2. The van der Waals surface area contributed by atoms with Crippen molar-refractivity contribution in [3.05, 3.63) is 54.1 Å². The van der Waals surface area contributed by atoms with Gasteiger partial charge in [0.25, 0.3) is 0 Å². The first kappa shape index (κ1) is 19.7. The summed E-state index contributed by atoms with van der Waals surface area (Å²) in [5.74, 6) is -2.41. The second-order valence-electron chi connectivity index (χ2n) is 6.64. The maximum absolute atomic E-state index is 11.1. The predicted octanol–water partition coefficient (Wildman–Crippen LogP) is 2.36. The molecular weight excluding hydrogens is 324 g/mol. The molecule has 0 radical (unpaired) electrons. The predicted molar refractivity (Wildman–Crippen MR) is 97.5 cm³/mol. The molecule has 6 N–H and O–H groups in total. The molecule has 0 fully saturated rings. The summed E-state index contributed by atoms with van der Waals surface area (Å²) in [6, 6.07) is 6.36. The van der Waals surface area contributed by atoms with Crippen molar-refractivity contribution in [3.63, 3.8) is 0 Å². The van der Waals surface area contributed by atoms with Gasteiger partial charge in [0.15, 0.2) is 0 Å². The van der Waals surface area contributed by atoms with Crippen LogP contribution in [0.25, 0.3) is 0 Å². The van der Waals surface area contributed by atoms with Crippen LogP contribution in [0, 0.1) is 5.92 Å². The van der Waals surface area contributed by atoms with Gasteiger partial charge in [-0.05, 0) is 12.1 Å². The number of benzene rings is 1. The van der Waals surface area contributed by atoms with Crippen LogP contribution >= 0.6 is 0 Å². The number of aromatic carboxylic acids is 1. The lowest BCUT2D eigenvalue weighted by Crippen LogP contribution is -2.64. The molecule has 0 bridgehead atoms. The second kappa shape index (κ2) is 7.46. The molecule has 6 nitrogen and oxygen atoms in total. The van der Waals surface area contributed by atoms with E-state index in [9.17, 15) is 9.59 Å². The molecule has 0 spiro atoms. The van der Waals surface area contributed by atoms with Crippen LogP contribution < -0.4 is 11.5 Å². The second-order valence-corrected chi connectivity index (χ2v) is 12.0. The first-order chi connectivity index (χ1) is 11.0. The quantitative estimate of drug-likeness (QED) is 0.490. The van der Waals surface area contributed by atoms with Crippen LogP contribution in [0.3, 0.4) is 0 Å². The van der Waals surface area contributed by atoms with E-state index in [1.54, 1.807) is 30.4 Å². The van der Waals surface area contributed by atoms with Gasteiger partial charge in [-0.3, -0.25) is 4.79 Å². The van der Waals surface area contributed by atoms with Gasteiger partial charge in [0.2, 0.25) is 0 Å². The van der Waals surface area contributed by atoms with E-state index < -0.39 is 31.1 Å². The largest absolute Gasteiger partial charge is 0.481 e. The van der Waals surface area contributed by atoms with E-state index in [2.05, 4.69) is 19.6 Å². The Labute approximate surface area is 142 Å². The molecule has 7 heteroatoms. The van der Waals surface area contributed by atoms with Crippen LogP contribution in [0.15, 0.2) is 48.6 Å². The first-order valence-corrected chi connectivity index (χ1v) is 11.0. The summed E-state index contributed by atoms with van der Waals surface area (Å²) in [5, 5.41) is 16.9. The lowest BCUT2D eigenvalue weighted by molar-refractivity contribution is -0.140. The lowest BCUT2D eigenvalue weighted by atomic mass is 9.95. The Morgan fingerprint density at radius 1 is 1.12 bits per heavy atom. The monoisotopic (exact) mass is 348 g/mol. The summed E-state index contributed by atoms with van der Waals surface area (Å²) in [4.78, 5) is 21.4. The highest BCUT2D eigenvalue weighted by atomic mass is 28.3. The molecule has 0 aliphatic heterocycles. The van der Waals surface area contributed by atoms with Crippen LogP contribution in [-0.4, -0.2) is 35.4 Å². The topological polar surface area (TPSA) is 127 Å². The summed E-state index contributed by atoms with van der Waals surface area (Å²) >= 11 is 0. The maximum Gasteiger partial charge on any atom is 0.337 e. The molecule has 0 saturated carbocycles. The van der Waals surface area contributed by atoms with Gasteiger partial charge in [0, 0.05) is 10.8 Å². The van der Waals surface area contributed by atoms with Crippen molar-refractivity contribution < 1.29 is 19.8 Å². The van der Waals surface area contributed by atoms with Crippen molar-refractivity contribution in [2.24, 2.45) is 11.7 Å². The van der Waals surface area contributed by atoms with E-state index >= 15 is 0 Å². The van der Waals surface area contributed by atoms with Gasteiger partial charge in [-0.2, -0.15) is 0 Å². The minimum atomic E-state index is -1.75. The highest BCUT2D eigenvalue weighted by molar-refractivity contribution is 6.80. The van der Waals surface area contributed by atoms with Crippen molar-refractivity contribution in [2.75, 3.05) is 5.73 Å². The molecule has 1 aromatic carbocycles. The highest BCUT2D eigenvalue weighted by Gasteiger charge is 2.47. The zero-order valence-electron chi connectivity index (χ0n) is 14.1. The van der Waals surface area contributed by atoms with Gasteiger partial charge in [0.1, 0.15) is 0 Å². The number of hydrogen-bond acceptors (Lipinski definition) is 4. The summed E-state index contributed by atoms with van der Waals surface area (Å²) in [6.07, 6.45) is 7.13. The Morgan fingerprint density at radius 3 is 2.08 bits per heavy atom. The van der Waals surface area contributed by atoms with Crippen molar-refractivity contribution in [1.29, 1.82) is 0 Å². The van der Waals surface area contributed by atoms with Gasteiger partial charge < -0.3 is 21.7 Å². The van der Waals surface area contributed by atoms with Gasteiger partial charge in [-0.25, -0.2) is 4.79 Å². The number of carboxylic acid groups (broad SMARTS) is 2. The molecule has 2 unspecified atom stereocenters. The SMILES string of the molecule is C[Si](C)(C)C1(N)C=CC=CC1C(=O)O.Nc1ccccc1C(=O)O. The zero-order chi connectivity index (χ0) is 18.5. The molecular formula is C17H24N2O4Si. The lowest BCUT2D eigenvalue weighted by Gasteiger charge is -2.42. The van der Waals surface area contributed by atoms with Gasteiger partial charge in [-0.15, -0.1) is 0 Å². The van der Waals surface area contributed by atoms with E-state index in [1.165, 1.54) is 6.07 Å². The van der Waals surface area contributed by atoms with Gasteiger partial charge in [0.05, 0.1) is 19.6 Å². The van der Waals surface area contributed by atoms with Crippen molar-refractivity contribution in [3.8, 4) is 0 Å². The molecule has 0 saturated heterocycles. The van der Waals surface area contributed by atoms with Crippen LogP contribution in [-0.2, 0) is 4.79 Å². The molecule has 1 aliphatic rings. The Kier molecular flexibility index (Phi) is 6.11. The van der Waals surface area contributed by atoms with Crippen LogP contribution in [0.5, 0.6) is 0 Å². The van der Waals surface area contributed by atoms with Gasteiger partial charge >= 0.3 is 11.9 Å². The molecule has 1 aromatic rings. The Hall–Kier alpha value is -2.38. The number of para-hydroxylation sites is 1. The Morgan fingerprint density at radius 2 is 1.71 bits per heavy atom. The number of nitrogens with two attached hydrogens (primary N) is 2. The minimum absolute atomic E-state index is 0.155. The molecule has 0 amide bonds. The molecule has 2 rings (SSSR count). The van der Waals surface area contributed by atoms with Gasteiger partial charge in [-0.1, -0.05) is 56.1 Å². The number of allylic oxidation sites excluding steroid dienone is 2. The Bertz CT molecular complexity index is 679. The molecule has 24 heavy (non-hydrogen) atoms. The van der Waals surface area contributed by atoms with Crippen LogP contribution in [0.2, 0.25) is 19.6 Å². The third kappa shape index (κ3) is 4.33. The molecule has 0 aromatic heterocycles. The van der Waals surface area contributed by atoms with E-state index in [1.807, 2.05) is 12.2 Å². The van der Waals surface area contributed by atoms with E-state index in [4.69, 9.17) is 21.7 Å². The number of rotatable bonds is 3. The summed E-state index contributed by atoms with van der Waals surface area (Å²) in [5.41, 5.74) is 12.0. The fourth-order valence-corrected chi connectivity index (χ4v) is 4.10. The molecule has 2 atom stereocenters. The number of hydrogen-bond donors (Lipinski definition) is 4. The number of carbonyl (C=O) groups is 2. The Balaban J connectivity index is 0.000000254. The van der Waals surface area contributed by atoms with Crippen molar-refractivity contribution in [2.45, 2.75) is 24.8 Å². The van der Waals surface area contributed by atoms with E-state index in [0.717, 1.165) is 0 Å². The van der Waals surface area contributed by atoms with E-state index in [0.29, 0.717) is 5.69 Å². The average Bonchev–Trinajstić information content (AvgIpc) is 2.47. The fraction of sp³-hybridized carbons (Fsp3) is 0.294. The first-order valence-electron chi connectivity index (χ1n) is 7.46. The number of anilines is 1. The summed E-state index contributed by atoms with van der Waals surface area (Å²) in [7, 11) is -1.75. The van der Waals surface area contributed by atoms with Crippen molar-refractivity contribution in [1.82, 2.24) is 0 Å². The molecule has 1 aliphatic carbocycles. The fourth-order valence-electron chi connectivity index (χ4n) is 2.35. The normalized spacial score (nSPS) is 22.4. The smallest absolute Gasteiger partial charge is 0.337 e. The third-order valence-corrected chi connectivity index (χ3v) is 7.13. The maximum atomic E-state index is 11.1. The van der Waals surface area contributed by atoms with Crippen molar-refractivity contribution >= 4 is 25.7 Å². The minimum Gasteiger partial charge on any atom is -0.481 e. The number of aliphatic carboxylic acids is 1.